The van der Waals surface area contributed by atoms with E-state index in [9.17, 15) is 18.0 Å². The smallest absolute Gasteiger partial charge is 0.321 e. The van der Waals surface area contributed by atoms with E-state index in [1.165, 1.54) is 16.4 Å². The minimum Gasteiger partial charge on any atom is -0.479 e. The maximum atomic E-state index is 13.0. The molecule has 2 N–H and O–H groups in total. The maximum Gasteiger partial charge on any atom is 0.321 e. The number of hydrogen-bond acceptors (Lipinski definition) is 5. The summed E-state index contributed by atoms with van der Waals surface area (Å²) >= 11 is 0. The van der Waals surface area contributed by atoms with Gasteiger partial charge < -0.3 is 20.3 Å². The molecular formula is C20H22N4O5S. The van der Waals surface area contributed by atoms with E-state index < -0.39 is 16.1 Å². The van der Waals surface area contributed by atoms with E-state index in [0.29, 0.717) is 17.1 Å². The summed E-state index contributed by atoms with van der Waals surface area (Å²) in [6.07, 6.45) is -0.630. The molecule has 3 amide bonds. The highest BCUT2D eigenvalue weighted by atomic mass is 32.2. The van der Waals surface area contributed by atoms with Gasteiger partial charge >= 0.3 is 6.03 Å². The quantitative estimate of drug-likeness (QED) is 0.774. The second-order valence-electron chi connectivity index (χ2n) is 7.09. The van der Waals surface area contributed by atoms with E-state index in [4.69, 9.17) is 4.74 Å². The summed E-state index contributed by atoms with van der Waals surface area (Å²) in [4.78, 5) is 25.9. The van der Waals surface area contributed by atoms with Crippen LogP contribution in [0.2, 0.25) is 0 Å². The Morgan fingerprint density at radius 2 is 1.80 bits per heavy atom. The van der Waals surface area contributed by atoms with Gasteiger partial charge in [-0.3, -0.25) is 4.79 Å². The van der Waals surface area contributed by atoms with Crippen LogP contribution in [0.25, 0.3) is 0 Å². The van der Waals surface area contributed by atoms with E-state index in [1.807, 2.05) is 18.2 Å². The number of rotatable bonds is 3. The zero-order chi connectivity index (χ0) is 21.3. The number of amides is 3. The van der Waals surface area contributed by atoms with Crippen molar-refractivity contribution in [1.29, 1.82) is 0 Å². The van der Waals surface area contributed by atoms with Crippen LogP contribution in [0.1, 0.15) is 6.92 Å². The standard InChI is InChI=1S/C20H22N4O5S/c1-14-19(25)22-17-13-16(7-8-18(17)29-14)30(27,28)24-11-9-23(10-12-24)20(26)21-15-5-3-2-4-6-15/h2-8,13-14H,9-12H2,1H3,(H,21,26)(H,22,25)/t14-/m1/s1. The molecule has 2 aliphatic rings. The number of urea groups is 1. The Labute approximate surface area is 174 Å². The highest BCUT2D eigenvalue weighted by molar-refractivity contribution is 7.89. The lowest BCUT2D eigenvalue weighted by molar-refractivity contribution is -0.122. The highest BCUT2D eigenvalue weighted by Gasteiger charge is 2.32. The Morgan fingerprint density at radius 3 is 2.50 bits per heavy atom. The van der Waals surface area contributed by atoms with Crippen LogP contribution in [0.3, 0.4) is 0 Å². The minimum absolute atomic E-state index is 0.0712. The zero-order valence-electron chi connectivity index (χ0n) is 16.4. The van der Waals surface area contributed by atoms with E-state index in [1.54, 1.807) is 30.0 Å². The number of hydrogen-bond donors (Lipinski definition) is 2. The topological polar surface area (TPSA) is 108 Å². The van der Waals surface area contributed by atoms with Crippen LogP contribution in [0.5, 0.6) is 5.75 Å². The molecule has 0 aliphatic carbocycles. The molecule has 2 aliphatic heterocycles. The maximum absolute atomic E-state index is 13.0. The molecule has 1 atom stereocenters. The number of ether oxygens (including phenoxy) is 1. The molecule has 30 heavy (non-hydrogen) atoms. The number of nitrogens with zero attached hydrogens (tertiary/aromatic N) is 2. The van der Waals surface area contributed by atoms with Gasteiger partial charge in [-0.2, -0.15) is 4.31 Å². The lowest BCUT2D eigenvalue weighted by atomic mass is 10.2. The van der Waals surface area contributed by atoms with Crippen LogP contribution < -0.4 is 15.4 Å². The first-order chi connectivity index (χ1) is 14.3. The molecule has 10 heteroatoms. The third-order valence-corrected chi connectivity index (χ3v) is 6.97. The van der Waals surface area contributed by atoms with Gasteiger partial charge in [0.1, 0.15) is 5.75 Å². The second kappa shape index (κ2) is 7.96. The zero-order valence-corrected chi connectivity index (χ0v) is 17.2. The van der Waals surface area contributed by atoms with Crippen molar-refractivity contribution in [2.75, 3.05) is 36.8 Å². The predicted octanol–water partition coefficient (Wildman–Crippen LogP) is 1.94. The van der Waals surface area contributed by atoms with Crippen molar-refractivity contribution >= 4 is 33.3 Å². The number of carbonyl (C=O) groups is 2. The minimum atomic E-state index is -3.77. The van der Waals surface area contributed by atoms with Crippen LogP contribution >= 0.6 is 0 Å². The average molecular weight is 430 g/mol. The molecule has 2 aromatic rings. The van der Waals surface area contributed by atoms with Crippen molar-refractivity contribution in [3.05, 3.63) is 48.5 Å². The Hall–Kier alpha value is -3.11. The van der Waals surface area contributed by atoms with Crippen molar-refractivity contribution in [3.8, 4) is 5.75 Å². The normalized spacial score (nSPS) is 19.4. The number of carbonyl (C=O) groups excluding carboxylic acids is 2. The summed E-state index contributed by atoms with van der Waals surface area (Å²) in [6.45, 7) is 2.54. The SMILES string of the molecule is C[C@H]1Oc2ccc(S(=O)(=O)N3CCN(C(=O)Nc4ccccc4)CC3)cc2NC1=O. The van der Waals surface area contributed by atoms with Crippen LogP contribution in [0.4, 0.5) is 16.2 Å². The molecule has 0 bridgehead atoms. The summed E-state index contributed by atoms with van der Waals surface area (Å²) in [5, 5.41) is 5.47. The summed E-state index contributed by atoms with van der Waals surface area (Å²) in [7, 11) is -3.77. The summed E-state index contributed by atoms with van der Waals surface area (Å²) in [5.74, 6) is 0.110. The van der Waals surface area contributed by atoms with Crippen molar-refractivity contribution < 1.29 is 22.7 Å². The first-order valence-electron chi connectivity index (χ1n) is 9.57. The average Bonchev–Trinajstić information content (AvgIpc) is 2.75. The number of para-hydroxylation sites is 1. The third-order valence-electron chi connectivity index (χ3n) is 5.07. The molecular weight excluding hydrogens is 408 g/mol. The third kappa shape index (κ3) is 3.96. The first-order valence-corrected chi connectivity index (χ1v) is 11.0. The molecule has 0 saturated carbocycles. The number of piperazine rings is 1. The molecule has 9 nitrogen and oxygen atoms in total. The second-order valence-corrected chi connectivity index (χ2v) is 9.03. The fourth-order valence-corrected chi connectivity index (χ4v) is 4.80. The highest BCUT2D eigenvalue weighted by Crippen LogP contribution is 2.32. The molecule has 0 radical (unpaired) electrons. The number of fused-ring (bicyclic) bond motifs is 1. The van der Waals surface area contributed by atoms with Gasteiger partial charge in [-0.25, -0.2) is 13.2 Å². The van der Waals surface area contributed by atoms with Gasteiger partial charge in [0.05, 0.1) is 10.6 Å². The van der Waals surface area contributed by atoms with Crippen LogP contribution in [0, 0.1) is 0 Å². The first kappa shape index (κ1) is 20.2. The molecule has 2 aromatic carbocycles. The predicted molar refractivity (Wildman–Crippen MR) is 111 cm³/mol. The lowest BCUT2D eigenvalue weighted by Gasteiger charge is -2.34. The van der Waals surface area contributed by atoms with Crippen molar-refractivity contribution in [2.45, 2.75) is 17.9 Å². The Balaban J connectivity index is 1.42. The molecule has 0 aromatic heterocycles. The van der Waals surface area contributed by atoms with Gasteiger partial charge in [-0.1, -0.05) is 18.2 Å². The Morgan fingerprint density at radius 1 is 1.10 bits per heavy atom. The van der Waals surface area contributed by atoms with E-state index in [-0.39, 0.29) is 43.0 Å². The molecule has 4 rings (SSSR count). The molecule has 2 heterocycles. The monoisotopic (exact) mass is 430 g/mol. The fourth-order valence-electron chi connectivity index (χ4n) is 3.35. The van der Waals surface area contributed by atoms with Crippen LogP contribution in [0.15, 0.2) is 53.4 Å². The number of anilines is 2. The Bertz CT molecular complexity index is 1070. The molecule has 0 spiro atoms. The molecule has 1 saturated heterocycles. The van der Waals surface area contributed by atoms with E-state index in [0.717, 1.165) is 0 Å². The van der Waals surface area contributed by atoms with Gasteiger partial charge in [0, 0.05) is 31.9 Å². The van der Waals surface area contributed by atoms with Gasteiger partial charge in [0.15, 0.2) is 6.10 Å². The lowest BCUT2D eigenvalue weighted by Crippen LogP contribution is -2.51. The van der Waals surface area contributed by atoms with Gasteiger partial charge in [0.2, 0.25) is 10.0 Å². The van der Waals surface area contributed by atoms with Crippen molar-refractivity contribution in [2.24, 2.45) is 0 Å². The summed E-state index contributed by atoms with van der Waals surface area (Å²) in [6, 6.07) is 13.2. The Kier molecular flexibility index (Phi) is 5.35. The summed E-state index contributed by atoms with van der Waals surface area (Å²) < 4.78 is 32.9. The molecule has 1 fully saturated rings. The largest absolute Gasteiger partial charge is 0.479 e. The van der Waals surface area contributed by atoms with Crippen molar-refractivity contribution in [3.63, 3.8) is 0 Å². The molecule has 158 valence electrons. The number of benzene rings is 2. The van der Waals surface area contributed by atoms with E-state index >= 15 is 0 Å². The van der Waals surface area contributed by atoms with E-state index in [2.05, 4.69) is 10.6 Å². The van der Waals surface area contributed by atoms with Gasteiger partial charge in [-0.15, -0.1) is 0 Å². The van der Waals surface area contributed by atoms with Crippen molar-refractivity contribution in [1.82, 2.24) is 9.21 Å². The fraction of sp³-hybridized carbons (Fsp3) is 0.300. The van der Waals surface area contributed by atoms with Gasteiger partial charge in [0.25, 0.3) is 5.91 Å². The number of nitrogens with one attached hydrogen (secondary N) is 2. The van der Waals surface area contributed by atoms with Crippen LogP contribution in [-0.4, -0.2) is 61.8 Å². The molecule has 0 unspecified atom stereocenters. The number of sulfonamides is 1. The summed E-state index contributed by atoms with van der Waals surface area (Å²) in [5.41, 5.74) is 1.02. The van der Waals surface area contributed by atoms with Gasteiger partial charge in [-0.05, 0) is 37.3 Å². The van der Waals surface area contributed by atoms with Crippen LogP contribution in [-0.2, 0) is 14.8 Å².